The molecule has 2 heterocycles. The summed E-state index contributed by atoms with van der Waals surface area (Å²) < 4.78 is 0. The summed E-state index contributed by atoms with van der Waals surface area (Å²) in [5.74, 6) is 0.972. The van der Waals surface area contributed by atoms with Crippen molar-refractivity contribution in [3.63, 3.8) is 0 Å². The van der Waals surface area contributed by atoms with Gasteiger partial charge in [-0.3, -0.25) is 10.4 Å². The number of rotatable bonds is 1. The summed E-state index contributed by atoms with van der Waals surface area (Å²) in [5, 5.41) is 8.82. The molecule has 0 bridgehead atoms. The van der Waals surface area contributed by atoms with E-state index >= 15 is 0 Å². The maximum atomic E-state index is 8.23. The Labute approximate surface area is 128 Å². The monoisotopic (exact) mass is 293 g/mol. The van der Waals surface area contributed by atoms with E-state index in [1.165, 1.54) is 22.9 Å². The zero-order valence-corrected chi connectivity index (χ0v) is 12.4. The summed E-state index contributed by atoms with van der Waals surface area (Å²) in [6.45, 7) is 1.77. The minimum Gasteiger partial charge on any atom is -0.305 e. The van der Waals surface area contributed by atoms with Crippen LogP contribution in [-0.4, -0.2) is 29.0 Å². The largest absolute Gasteiger partial charge is 0.305 e. The van der Waals surface area contributed by atoms with Gasteiger partial charge in [0.15, 0.2) is 5.17 Å². The smallest absolute Gasteiger partial charge is 0.166 e. The van der Waals surface area contributed by atoms with Crippen LogP contribution in [0.5, 0.6) is 0 Å². The number of hydrogen-bond acceptors (Lipinski definition) is 3. The molecule has 0 saturated carbocycles. The van der Waals surface area contributed by atoms with E-state index in [9.17, 15) is 0 Å². The predicted molar refractivity (Wildman–Crippen MR) is 88.2 cm³/mol. The third kappa shape index (κ3) is 2.16. The zero-order valence-electron chi connectivity index (χ0n) is 11.5. The van der Waals surface area contributed by atoms with Gasteiger partial charge in [-0.05, 0) is 29.7 Å². The molecular weight excluding hydrogens is 278 g/mol. The molecule has 3 nitrogen and oxygen atoms in total. The molecule has 2 aromatic rings. The van der Waals surface area contributed by atoms with Crippen LogP contribution in [0.4, 0.5) is 0 Å². The van der Waals surface area contributed by atoms with Crippen LogP contribution < -0.4 is 0 Å². The first-order chi connectivity index (χ1) is 10.3. The van der Waals surface area contributed by atoms with Gasteiger partial charge < -0.3 is 4.90 Å². The summed E-state index contributed by atoms with van der Waals surface area (Å²) in [4.78, 5) is 7.80. The van der Waals surface area contributed by atoms with Crippen molar-refractivity contribution in [1.29, 1.82) is 5.41 Å². The van der Waals surface area contributed by atoms with Crippen molar-refractivity contribution in [3.05, 3.63) is 54.1 Å². The van der Waals surface area contributed by atoms with Gasteiger partial charge in [0.1, 0.15) is 5.84 Å². The Hall–Kier alpha value is -2.07. The van der Waals surface area contributed by atoms with E-state index in [0.717, 1.165) is 35.8 Å². The van der Waals surface area contributed by atoms with E-state index in [4.69, 9.17) is 5.41 Å². The first-order valence-electron chi connectivity index (χ1n) is 7.11. The van der Waals surface area contributed by atoms with Gasteiger partial charge in [0.25, 0.3) is 0 Å². The SMILES string of the molecule is N=C1Sc2cc(-c3ccccc3)ccc2C2=NCCCN12. The third-order valence-corrected chi connectivity index (χ3v) is 4.81. The highest BCUT2D eigenvalue weighted by Gasteiger charge is 2.29. The summed E-state index contributed by atoms with van der Waals surface area (Å²) in [6.07, 6.45) is 1.03. The van der Waals surface area contributed by atoms with Crippen LogP contribution in [0.1, 0.15) is 12.0 Å². The third-order valence-electron chi connectivity index (χ3n) is 3.84. The highest BCUT2D eigenvalue weighted by Crippen LogP contribution is 2.36. The Kier molecular flexibility index (Phi) is 3.04. The second-order valence-corrected chi connectivity index (χ2v) is 6.23. The minimum atomic E-state index is 0.589. The molecule has 0 aromatic heterocycles. The normalized spacial score (nSPS) is 17.0. The lowest BCUT2D eigenvalue weighted by molar-refractivity contribution is 0.552. The first-order valence-corrected chi connectivity index (χ1v) is 7.93. The number of nitrogens with one attached hydrogen (secondary N) is 1. The van der Waals surface area contributed by atoms with E-state index in [1.807, 2.05) is 11.0 Å². The number of nitrogens with zero attached hydrogens (tertiary/aromatic N) is 2. The van der Waals surface area contributed by atoms with Crippen molar-refractivity contribution in [2.45, 2.75) is 11.3 Å². The van der Waals surface area contributed by atoms with Crippen molar-refractivity contribution in [1.82, 2.24) is 4.90 Å². The van der Waals surface area contributed by atoms with E-state index in [0.29, 0.717) is 5.17 Å². The zero-order chi connectivity index (χ0) is 14.2. The maximum absolute atomic E-state index is 8.23. The quantitative estimate of drug-likeness (QED) is 0.867. The topological polar surface area (TPSA) is 39.5 Å². The lowest BCUT2D eigenvalue weighted by Crippen LogP contribution is -2.42. The summed E-state index contributed by atoms with van der Waals surface area (Å²) in [5.41, 5.74) is 3.57. The fourth-order valence-corrected chi connectivity index (χ4v) is 3.75. The number of amidine groups is 2. The standard InChI is InChI=1S/C17H15N3S/c18-17-20-10-4-9-19-16(20)14-8-7-13(11-15(14)21-17)12-5-2-1-3-6-12/h1-3,5-8,11,18H,4,9-10H2. The highest BCUT2D eigenvalue weighted by molar-refractivity contribution is 8.14. The first kappa shape index (κ1) is 12.7. The van der Waals surface area contributed by atoms with Crippen molar-refractivity contribution in [2.24, 2.45) is 4.99 Å². The molecule has 21 heavy (non-hydrogen) atoms. The lowest BCUT2D eigenvalue weighted by Gasteiger charge is -2.34. The molecule has 2 aliphatic heterocycles. The van der Waals surface area contributed by atoms with Gasteiger partial charge in [-0.25, -0.2) is 0 Å². The van der Waals surface area contributed by atoms with Gasteiger partial charge >= 0.3 is 0 Å². The molecule has 2 aromatic carbocycles. The lowest BCUT2D eigenvalue weighted by atomic mass is 10.0. The fraction of sp³-hybridized carbons (Fsp3) is 0.176. The molecule has 104 valence electrons. The van der Waals surface area contributed by atoms with E-state index in [2.05, 4.69) is 47.5 Å². The Morgan fingerprint density at radius 1 is 1.05 bits per heavy atom. The Morgan fingerprint density at radius 2 is 1.90 bits per heavy atom. The number of hydrogen-bond donors (Lipinski definition) is 1. The Bertz CT molecular complexity index is 737. The average Bonchev–Trinajstić information content (AvgIpc) is 2.55. The van der Waals surface area contributed by atoms with E-state index in [-0.39, 0.29) is 0 Å². The summed E-state index contributed by atoms with van der Waals surface area (Å²) >= 11 is 1.53. The molecule has 4 heteroatoms. The van der Waals surface area contributed by atoms with Gasteiger partial charge in [0.05, 0.1) is 0 Å². The van der Waals surface area contributed by atoms with Gasteiger partial charge in [0, 0.05) is 23.5 Å². The number of thioether (sulfide) groups is 1. The van der Waals surface area contributed by atoms with Crippen LogP contribution in [0.25, 0.3) is 11.1 Å². The second kappa shape index (κ2) is 5.04. The number of aliphatic imine (C=N–C) groups is 1. The van der Waals surface area contributed by atoms with Gasteiger partial charge in [-0.1, -0.05) is 48.2 Å². The molecule has 1 N–H and O–H groups in total. The van der Waals surface area contributed by atoms with Gasteiger partial charge in [-0.2, -0.15) is 0 Å². The fourth-order valence-electron chi connectivity index (χ4n) is 2.79. The number of fused-ring (bicyclic) bond motifs is 3. The number of benzene rings is 2. The van der Waals surface area contributed by atoms with Gasteiger partial charge in [-0.15, -0.1) is 0 Å². The molecule has 0 spiro atoms. The molecule has 0 saturated heterocycles. The molecule has 0 fully saturated rings. The van der Waals surface area contributed by atoms with Crippen molar-refractivity contribution >= 4 is 22.8 Å². The van der Waals surface area contributed by atoms with Crippen LogP contribution in [-0.2, 0) is 0 Å². The van der Waals surface area contributed by atoms with E-state index < -0.39 is 0 Å². The summed E-state index contributed by atoms with van der Waals surface area (Å²) in [7, 11) is 0. The Morgan fingerprint density at radius 3 is 2.76 bits per heavy atom. The van der Waals surface area contributed by atoms with Crippen LogP contribution in [0.2, 0.25) is 0 Å². The Balaban J connectivity index is 1.82. The van der Waals surface area contributed by atoms with Crippen molar-refractivity contribution in [3.8, 4) is 11.1 Å². The molecule has 0 unspecified atom stereocenters. The van der Waals surface area contributed by atoms with Crippen molar-refractivity contribution < 1.29 is 0 Å². The van der Waals surface area contributed by atoms with Crippen LogP contribution in [0.15, 0.2) is 58.4 Å². The maximum Gasteiger partial charge on any atom is 0.166 e. The minimum absolute atomic E-state index is 0.589. The molecule has 0 amide bonds. The van der Waals surface area contributed by atoms with Crippen LogP contribution in [0, 0.1) is 5.41 Å². The van der Waals surface area contributed by atoms with Crippen LogP contribution >= 0.6 is 11.8 Å². The molecule has 0 aliphatic carbocycles. The summed E-state index contributed by atoms with van der Waals surface area (Å²) in [6, 6.07) is 16.8. The molecular formula is C17H15N3S. The second-order valence-electron chi connectivity index (χ2n) is 5.19. The predicted octanol–water partition coefficient (Wildman–Crippen LogP) is 3.85. The van der Waals surface area contributed by atoms with Crippen LogP contribution in [0.3, 0.4) is 0 Å². The average molecular weight is 293 g/mol. The molecule has 2 aliphatic rings. The molecule has 0 atom stereocenters. The van der Waals surface area contributed by atoms with Crippen molar-refractivity contribution in [2.75, 3.05) is 13.1 Å². The van der Waals surface area contributed by atoms with E-state index in [1.54, 1.807) is 0 Å². The molecule has 4 rings (SSSR count). The van der Waals surface area contributed by atoms with Gasteiger partial charge in [0.2, 0.25) is 0 Å². The molecule has 0 radical (unpaired) electrons. The highest BCUT2D eigenvalue weighted by atomic mass is 32.2.